The summed E-state index contributed by atoms with van der Waals surface area (Å²) in [5.41, 5.74) is 1.32. The van der Waals surface area contributed by atoms with Gasteiger partial charge in [-0.1, -0.05) is 0 Å². The molecule has 0 bridgehead atoms. The molecule has 2 atom stereocenters. The molecule has 0 heterocycles. The third kappa shape index (κ3) is 2.63. The third-order valence-corrected chi connectivity index (χ3v) is 5.48. The lowest BCUT2D eigenvalue weighted by Crippen LogP contribution is -2.26. The Kier molecular flexibility index (Phi) is 3.58. The zero-order chi connectivity index (χ0) is 13.5. The standard InChI is InChI=1S/C14H18F2OS/c1-14(2,3)18(17)8-9-4-5-11-12(9)6-10(15)7-13(11)16/h6-7,9H,4-5,8H2,1-3H3. The largest absolute Gasteiger partial charge is 0.259 e. The van der Waals surface area contributed by atoms with E-state index in [9.17, 15) is 13.0 Å². The average Bonchev–Trinajstić information content (AvgIpc) is 2.60. The van der Waals surface area contributed by atoms with Gasteiger partial charge in [0.1, 0.15) is 11.6 Å². The van der Waals surface area contributed by atoms with E-state index in [2.05, 4.69) is 0 Å². The maximum atomic E-state index is 13.6. The fourth-order valence-electron chi connectivity index (χ4n) is 2.33. The highest BCUT2D eigenvalue weighted by Gasteiger charge is 2.30. The third-order valence-electron chi connectivity index (χ3n) is 3.41. The number of rotatable bonds is 2. The van der Waals surface area contributed by atoms with Crippen molar-refractivity contribution in [3.8, 4) is 0 Å². The molecule has 0 aliphatic heterocycles. The quantitative estimate of drug-likeness (QED) is 0.804. The summed E-state index contributed by atoms with van der Waals surface area (Å²) in [5, 5.41) is 0. The van der Waals surface area contributed by atoms with Gasteiger partial charge in [-0.05, 0) is 56.7 Å². The lowest BCUT2D eigenvalue weighted by Gasteiger charge is -2.21. The van der Waals surface area contributed by atoms with Gasteiger partial charge in [-0.15, -0.1) is 0 Å². The molecular formula is C14H18F2OS. The van der Waals surface area contributed by atoms with Crippen molar-refractivity contribution in [2.24, 2.45) is 0 Å². The Morgan fingerprint density at radius 1 is 1.33 bits per heavy atom. The minimum absolute atomic E-state index is 0.0188. The first kappa shape index (κ1) is 13.7. The fraction of sp³-hybridized carbons (Fsp3) is 0.571. The molecule has 0 aromatic heterocycles. The van der Waals surface area contributed by atoms with Gasteiger partial charge < -0.3 is 0 Å². The topological polar surface area (TPSA) is 17.1 Å². The van der Waals surface area contributed by atoms with Gasteiger partial charge in [0.25, 0.3) is 0 Å². The summed E-state index contributed by atoms with van der Waals surface area (Å²) in [5.74, 6) is -0.502. The zero-order valence-corrected chi connectivity index (χ0v) is 11.7. The van der Waals surface area contributed by atoms with Crippen molar-refractivity contribution in [3.63, 3.8) is 0 Å². The molecule has 0 saturated carbocycles. The van der Waals surface area contributed by atoms with Crippen LogP contribution in [0.2, 0.25) is 0 Å². The first-order valence-corrected chi connectivity index (χ1v) is 7.47. The lowest BCUT2D eigenvalue weighted by molar-refractivity contribution is 0.573. The van der Waals surface area contributed by atoms with Crippen molar-refractivity contribution in [3.05, 3.63) is 34.9 Å². The maximum Gasteiger partial charge on any atom is 0.129 e. The molecule has 2 unspecified atom stereocenters. The van der Waals surface area contributed by atoms with Gasteiger partial charge in [-0.25, -0.2) is 8.78 Å². The van der Waals surface area contributed by atoms with Crippen LogP contribution < -0.4 is 0 Å². The van der Waals surface area contributed by atoms with Gasteiger partial charge in [-0.3, -0.25) is 4.21 Å². The molecule has 1 aliphatic carbocycles. The van der Waals surface area contributed by atoms with Crippen molar-refractivity contribution < 1.29 is 13.0 Å². The Hall–Kier alpha value is -0.770. The van der Waals surface area contributed by atoms with E-state index in [-0.39, 0.29) is 10.7 Å². The molecule has 1 aromatic carbocycles. The highest BCUT2D eigenvalue weighted by Crippen LogP contribution is 2.36. The number of fused-ring (bicyclic) bond motifs is 1. The van der Waals surface area contributed by atoms with Crippen LogP contribution in [-0.4, -0.2) is 14.7 Å². The van der Waals surface area contributed by atoms with Crippen LogP contribution in [0.15, 0.2) is 12.1 Å². The number of hydrogen-bond acceptors (Lipinski definition) is 1. The normalized spacial score (nSPS) is 20.8. The van der Waals surface area contributed by atoms with E-state index in [0.717, 1.165) is 12.5 Å². The second-order valence-electron chi connectivity index (χ2n) is 5.82. The average molecular weight is 272 g/mol. The van der Waals surface area contributed by atoms with E-state index in [0.29, 0.717) is 23.3 Å². The van der Waals surface area contributed by atoms with E-state index in [1.807, 2.05) is 20.8 Å². The van der Waals surface area contributed by atoms with Crippen molar-refractivity contribution in [2.75, 3.05) is 5.75 Å². The molecule has 1 aromatic rings. The van der Waals surface area contributed by atoms with Crippen LogP contribution >= 0.6 is 0 Å². The molecule has 0 radical (unpaired) electrons. The Morgan fingerprint density at radius 3 is 2.61 bits per heavy atom. The first-order valence-electron chi connectivity index (χ1n) is 6.15. The van der Waals surface area contributed by atoms with E-state index in [4.69, 9.17) is 0 Å². The van der Waals surface area contributed by atoms with Gasteiger partial charge in [0.2, 0.25) is 0 Å². The van der Waals surface area contributed by atoms with Crippen molar-refractivity contribution >= 4 is 10.8 Å². The van der Waals surface area contributed by atoms with Crippen LogP contribution in [-0.2, 0) is 17.2 Å². The van der Waals surface area contributed by atoms with Crippen LogP contribution in [0.5, 0.6) is 0 Å². The summed E-state index contributed by atoms with van der Waals surface area (Å²) < 4.78 is 38.7. The summed E-state index contributed by atoms with van der Waals surface area (Å²) in [4.78, 5) is 0. The molecule has 0 spiro atoms. The summed E-state index contributed by atoms with van der Waals surface area (Å²) in [6, 6.07) is 2.33. The van der Waals surface area contributed by atoms with E-state index < -0.39 is 22.4 Å². The summed E-state index contributed by atoms with van der Waals surface area (Å²) in [7, 11) is -0.993. The van der Waals surface area contributed by atoms with Crippen LogP contribution in [0.25, 0.3) is 0 Å². The Balaban J connectivity index is 2.25. The molecule has 0 N–H and O–H groups in total. The highest BCUT2D eigenvalue weighted by atomic mass is 32.2. The molecule has 0 amide bonds. The molecule has 0 saturated heterocycles. The smallest absolute Gasteiger partial charge is 0.129 e. The van der Waals surface area contributed by atoms with Gasteiger partial charge in [0.05, 0.1) is 0 Å². The molecule has 2 rings (SSSR count). The fourth-order valence-corrected chi connectivity index (χ4v) is 3.54. The van der Waals surface area contributed by atoms with Gasteiger partial charge in [-0.2, -0.15) is 0 Å². The molecule has 18 heavy (non-hydrogen) atoms. The van der Waals surface area contributed by atoms with Gasteiger partial charge >= 0.3 is 0 Å². The second-order valence-corrected chi connectivity index (χ2v) is 8.06. The predicted octanol–water partition coefficient (Wildman–Crippen LogP) is 3.54. The van der Waals surface area contributed by atoms with Crippen LogP contribution in [0, 0.1) is 11.6 Å². The number of hydrogen-bond donors (Lipinski definition) is 0. The molecule has 1 aliphatic rings. The van der Waals surface area contributed by atoms with E-state index in [1.165, 1.54) is 6.07 Å². The number of benzene rings is 1. The maximum absolute atomic E-state index is 13.6. The SMILES string of the molecule is CC(C)(C)S(=O)CC1CCc2c(F)cc(F)cc21. The first-order chi connectivity index (χ1) is 8.29. The van der Waals surface area contributed by atoms with Crippen LogP contribution in [0.1, 0.15) is 44.2 Å². The zero-order valence-electron chi connectivity index (χ0n) is 10.9. The van der Waals surface area contributed by atoms with Crippen LogP contribution in [0.4, 0.5) is 8.78 Å². The predicted molar refractivity (Wildman–Crippen MR) is 70.2 cm³/mol. The number of halogens is 2. The Morgan fingerprint density at radius 2 is 2.00 bits per heavy atom. The summed E-state index contributed by atoms with van der Waals surface area (Å²) in [6.07, 6.45) is 1.38. The van der Waals surface area contributed by atoms with Crippen molar-refractivity contribution in [2.45, 2.75) is 44.3 Å². The van der Waals surface area contributed by atoms with Crippen LogP contribution in [0.3, 0.4) is 0 Å². The molecule has 100 valence electrons. The van der Waals surface area contributed by atoms with Crippen molar-refractivity contribution in [1.82, 2.24) is 0 Å². The summed E-state index contributed by atoms with van der Waals surface area (Å²) in [6.45, 7) is 5.77. The minimum atomic E-state index is -0.993. The molecule has 4 heteroatoms. The Labute approximate surface area is 109 Å². The van der Waals surface area contributed by atoms with Gasteiger partial charge in [0.15, 0.2) is 0 Å². The monoisotopic (exact) mass is 272 g/mol. The van der Waals surface area contributed by atoms with E-state index >= 15 is 0 Å². The van der Waals surface area contributed by atoms with E-state index in [1.54, 1.807) is 0 Å². The lowest BCUT2D eigenvalue weighted by atomic mass is 10.0. The summed E-state index contributed by atoms with van der Waals surface area (Å²) >= 11 is 0. The van der Waals surface area contributed by atoms with Gasteiger partial charge in [0, 0.05) is 27.4 Å². The minimum Gasteiger partial charge on any atom is -0.259 e. The molecule has 1 nitrogen and oxygen atoms in total. The Bertz CT molecular complexity index is 491. The second kappa shape index (κ2) is 4.72. The van der Waals surface area contributed by atoms with Crippen molar-refractivity contribution in [1.29, 1.82) is 0 Å². The molecule has 0 fully saturated rings. The highest BCUT2D eigenvalue weighted by molar-refractivity contribution is 7.86. The molecular weight excluding hydrogens is 254 g/mol.